The molecule has 21 heavy (non-hydrogen) atoms. The minimum absolute atomic E-state index is 0.178. The minimum Gasteiger partial charge on any atom is -0.368 e. The minimum atomic E-state index is -4.51. The van der Waals surface area contributed by atoms with Crippen LogP contribution in [0.3, 0.4) is 0 Å². The summed E-state index contributed by atoms with van der Waals surface area (Å²) in [5.41, 5.74) is 4.93. The smallest absolute Gasteiger partial charge is 0.368 e. The molecule has 1 atom stereocenters. The molecule has 1 aliphatic heterocycles. The van der Waals surface area contributed by atoms with Gasteiger partial charge in [0, 0.05) is 18.3 Å². The van der Waals surface area contributed by atoms with E-state index in [-0.39, 0.29) is 11.6 Å². The monoisotopic (exact) mass is 297 g/mol. The number of hydrogen-bond donors (Lipinski definition) is 1. The largest absolute Gasteiger partial charge is 0.417 e. The van der Waals surface area contributed by atoms with E-state index in [2.05, 4.69) is 0 Å². The highest BCUT2D eigenvalue weighted by molar-refractivity contribution is 5.55. The number of alkyl halides is 3. The van der Waals surface area contributed by atoms with Gasteiger partial charge >= 0.3 is 6.18 Å². The van der Waals surface area contributed by atoms with Gasteiger partial charge in [-0.25, -0.2) is 0 Å². The van der Waals surface area contributed by atoms with E-state index in [9.17, 15) is 13.2 Å². The van der Waals surface area contributed by atoms with Crippen LogP contribution in [0.4, 0.5) is 18.9 Å². The molecule has 114 valence electrons. The number of benzene rings is 1. The zero-order chi connectivity index (χ0) is 15.5. The third-order valence-corrected chi connectivity index (χ3v) is 3.89. The lowest BCUT2D eigenvalue weighted by Gasteiger charge is -2.38. The molecule has 0 saturated carbocycles. The SMILES string of the molecule is N#Cc1ccc(N2CCCCC2CCN)cc1C(F)(F)F. The molecule has 1 aromatic rings. The number of piperidine rings is 1. The molecular formula is C15H18F3N3. The highest BCUT2D eigenvalue weighted by Gasteiger charge is 2.34. The van der Waals surface area contributed by atoms with Gasteiger partial charge in [-0.3, -0.25) is 0 Å². The predicted molar refractivity (Wildman–Crippen MR) is 74.8 cm³/mol. The van der Waals surface area contributed by atoms with Crippen LogP contribution >= 0.6 is 0 Å². The van der Waals surface area contributed by atoms with Crippen molar-refractivity contribution in [3.63, 3.8) is 0 Å². The van der Waals surface area contributed by atoms with E-state index in [1.807, 2.05) is 4.90 Å². The summed E-state index contributed by atoms with van der Waals surface area (Å²) >= 11 is 0. The number of nitrogens with zero attached hydrogens (tertiary/aromatic N) is 2. The Morgan fingerprint density at radius 3 is 2.71 bits per heavy atom. The maximum atomic E-state index is 13.0. The lowest BCUT2D eigenvalue weighted by Crippen LogP contribution is -2.40. The summed E-state index contributed by atoms with van der Waals surface area (Å²) in [5.74, 6) is 0. The Bertz CT molecular complexity index is 532. The van der Waals surface area contributed by atoms with Gasteiger partial charge in [-0.05, 0) is 50.4 Å². The summed E-state index contributed by atoms with van der Waals surface area (Å²) in [5, 5.41) is 8.84. The molecule has 1 fully saturated rings. The van der Waals surface area contributed by atoms with Crippen LogP contribution in [0.5, 0.6) is 0 Å². The number of rotatable bonds is 3. The molecule has 3 nitrogen and oxygen atoms in total. The first-order valence-corrected chi connectivity index (χ1v) is 7.05. The summed E-state index contributed by atoms with van der Waals surface area (Å²) in [7, 11) is 0. The molecule has 1 saturated heterocycles. The number of anilines is 1. The lowest BCUT2D eigenvalue weighted by molar-refractivity contribution is -0.137. The average Bonchev–Trinajstić information content (AvgIpc) is 2.46. The van der Waals surface area contributed by atoms with Crippen LogP contribution in [0, 0.1) is 11.3 Å². The number of halogens is 3. The molecule has 1 unspecified atom stereocenters. The molecule has 0 spiro atoms. The van der Waals surface area contributed by atoms with E-state index >= 15 is 0 Å². The Balaban J connectivity index is 2.37. The Labute approximate surface area is 122 Å². The van der Waals surface area contributed by atoms with Gasteiger partial charge in [0.15, 0.2) is 0 Å². The molecule has 0 aromatic heterocycles. The molecular weight excluding hydrogens is 279 g/mol. The van der Waals surface area contributed by atoms with Crippen LogP contribution in [0.15, 0.2) is 18.2 Å². The van der Waals surface area contributed by atoms with E-state index < -0.39 is 11.7 Å². The maximum absolute atomic E-state index is 13.0. The van der Waals surface area contributed by atoms with Crippen LogP contribution in [0.1, 0.15) is 36.8 Å². The first-order valence-electron chi connectivity index (χ1n) is 7.05. The van der Waals surface area contributed by atoms with E-state index in [1.54, 1.807) is 12.1 Å². The molecule has 0 bridgehead atoms. The highest BCUT2D eigenvalue weighted by Crippen LogP contribution is 2.36. The molecule has 0 aliphatic carbocycles. The van der Waals surface area contributed by atoms with Crippen molar-refractivity contribution in [1.29, 1.82) is 5.26 Å². The molecule has 0 radical (unpaired) electrons. The fourth-order valence-electron chi connectivity index (χ4n) is 2.88. The van der Waals surface area contributed by atoms with Gasteiger partial charge < -0.3 is 10.6 Å². The Kier molecular flexibility index (Phi) is 4.73. The van der Waals surface area contributed by atoms with E-state index in [0.29, 0.717) is 12.2 Å². The van der Waals surface area contributed by atoms with Crippen molar-refractivity contribution in [3.8, 4) is 6.07 Å². The summed E-state index contributed by atoms with van der Waals surface area (Å²) in [6.45, 7) is 1.25. The molecule has 1 aromatic carbocycles. The van der Waals surface area contributed by atoms with Gasteiger partial charge in [-0.2, -0.15) is 18.4 Å². The van der Waals surface area contributed by atoms with Gasteiger partial charge in [-0.1, -0.05) is 0 Å². The second kappa shape index (κ2) is 6.35. The van der Waals surface area contributed by atoms with Crippen LogP contribution in [-0.2, 0) is 6.18 Å². The predicted octanol–water partition coefficient (Wildman–Crippen LogP) is 3.28. The molecule has 1 heterocycles. The topological polar surface area (TPSA) is 53.0 Å². The zero-order valence-electron chi connectivity index (χ0n) is 11.7. The number of nitriles is 1. The van der Waals surface area contributed by atoms with Gasteiger partial charge in [0.25, 0.3) is 0 Å². The maximum Gasteiger partial charge on any atom is 0.417 e. The van der Waals surface area contributed by atoms with Gasteiger partial charge in [0.05, 0.1) is 17.2 Å². The van der Waals surface area contributed by atoms with Gasteiger partial charge in [-0.15, -0.1) is 0 Å². The second-order valence-electron chi connectivity index (χ2n) is 5.26. The Morgan fingerprint density at radius 1 is 1.33 bits per heavy atom. The summed E-state index contributed by atoms with van der Waals surface area (Å²) in [6.07, 6.45) is -0.772. The van der Waals surface area contributed by atoms with Crippen molar-refractivity contribution in [2.45, 2.75) is 37.9 Å². The highest BCUT2D eigenvalue weighted by atomic mass is 19.4. The van der Waals surface area contributed by atoms with Gasteiger partial charge in [0.2, 0.25) is 0 Å². The Hall–Kier alpha value is -1.74. The van der Waals surface area contributed by atoms with Crippen LogP contribution in [-0.4, -0.2) is 19.1 Å². The zero-order valence-corrected chi connectivity index (χ0v) is 11.7. The van der Waals surface area contributed by atoms with Crippen molar-refractivity contribution in [3.05, 3.63) is 29.3 Å². The van der Waals surface area contributed by atoms with Crippen LogP contribution in [0.2, 0.25) is 0 Å². The summed E-state index contributed by atoms with van der Waals surface area (Å²) < 4.78 is 39.1. The quantitative estimate of drug-likeness (QED) is 0.931. The molecule has 0 amide bonds. The first kappa shape index (κ1) is 15.6. The summed E-state index contributed by atoms with van der Waals surface area (Å²) in [4.78, 5) is 1.99. The van der Waals surface area contributed by atoms with Crippen molar-refractivity contribution in [2.75, 3.05) is 18.0 Å². The number of hydrogen-bond acceptors (Lipinski definition) is 3. The van der Waals surface area contributed by atoms with Gasteiger partial charge in [0.1, 0.15) is 0 Å². The fourth-order valence-corrected chi connectivity index (χ4v) is 2.88. The third kappa shape index (κ3) is 3.48. The first-order chi connectivity index (χ1) is 9.97. The second-order valence-corrected chi connectivity index (χ2v) is 5.26. The van der Waals surface area contributed by atoms with Crippen LogP contribution < -0.4 is 10.6 Å². The lowest BCUT2D eigenvalue weighted by atomic mass is 9.97. The number of nitrogens with two attached hydrogens (primary N) is 1. The average molecular weight is 297 g/mol. The van der Waals surface area contributed by atoms with Crippen LogP contribution in [0.25, 0.3) is 0 Å². The van der Waals surface area contributed by atoms with Crippen molar-refractivity contribution in [1.82, 2.24) is 0 Å². The third-order valence-electron chi connectivity index (χ3n) is 3.89. The Morgan fingerprint density at radius 2 is 2.10 bits per heavy atom. The van der Waals surface area contributed by atoms with E-state index in [1.165, 1.54) is 6.07 Å². The molecule has 1 aliphatic rings. The summed E-state index contributed by atoms with van der Waals surface area (Å²) in [6, 6.07) is 5.74. The van der Waals surface area contributed by atoms with Crippen molar-refractivity contribution < 1.29 is 13.2 Å². The molecule has 2 rings (SSSR count). The normalized spacial score (nSPS) is 19.4. The van der Waals surface area contributed by atoms with E-state index in [4.69, 9.17) is 11.0 Å². The fraction of sp³-hybridized carbons (Fsp3) is 0.533. The standard InChI is InChI=1S/C15H18F3N3/c16-15(17,18)14-9-13(5-4-11(14)10-20)21-8-2-1-3-12(21)6-7-19/h4-5,9,12H,1-3,6-8,19H2. The van der Waals surface area contributed by atoms with Crippen molar-refractivity contribution >= 4 is 5.69 Å². The molecule has 2 N–H and O–H groups in total. The van der Waals surface area contributed by atoms with E-state index in [0.717, 1.165) is 38.3 Å². The van der Waals surface area contributed by atoms with Crippen molar-refractivity contribution in [2.24, 2.45) is 5.73 Å². The molecule has 6 heteroatoms.